The first-order valence-electron chi connectivity index (χ1n) is 10.3. The molecule has 1 aliphatic heterocycles. The Morgan fingerprint density at radius 2 is 1.90 bits per heavy atom. The van der Waals surface area contributed by atoms with Crippen LogP contribution in [0, 0.1) is 0 Å². The molecule has 1 saturated heterocycles. The lowest BCUT2D eigenvalue weighted by Crippen LogP contribution is -2.19. The Morgan fingerprint density at radius 3 is 2.76 bits per heavy atom. The lowest BCUT2D eigenvalue weighted by atomic mass is 10.2. The molecule has 1 N–H and O–H groups in total. The van der Waals surface area contributed by atoms with E-state index in [1.54, 1.807) is 0 Å². The molecule has 5 rings (SSSR count). The van der Waals surface area contributed by atoms with E-state index in [0.717, 1.165) is 31.8 Å². The number of benzene rings is 2. The van der Waals surface area contributed by atoms with E-state index in [1.807, 2.05) is 11.8 Å². The highest BCUT2D eigenvalue weighted by Crippen LogP contribution is 2.31. The lowest BCUT2D eigenvalue weighted by molar-refractivity contribution is 0.548. The van der Waals surface area contributed by atoms with Crippen LogP contribution in [0.3, 0.4) is 0 Å². The third kappa shape index (κ3) is 3.67. The average Bonchev–Trinajstić information content (AvgIpc) is 3.44. The predicted molar refractivity (Wildman–Crippen MR) is 124 cm³/mol. The molecule has 5 heteroatoms. The first-order valence-corrected chi connectivity index (χ1v) is 11.3. The van der Waals surface area contributed by atoms with Gasteiger partial charge in [-0.05, 0) is 24.1 Å². The molecule has 4 nitrogen and oxygen atoms in total. The van der Waals surface area contributed by atoms with Crippen LogP contribution < -0.4 is 0 Å². The van der Waals surface area contributed by atoms with Gasteiger partial charge in [0, 0.05) is 71.4 Å². The number of aromatic amines is 1. The standard InChI is InChI=1S/C24H26N4S/c1-27-13-6-11-24(27)25-12-14-29-23-17-28(22-10-5-3-8-20(22)23)16-18-15-26-21-9-4-2-7-19(18)21/h2-5,7-10,15,17,26H,6,11-14,16H2,1H3/b25-24+. The molecule has 0 unspecified atom stereocenters. The van der Waals surface area contributed by atoms with E-state index < -0.39 is 0 Å². The van der Waals surface area contributed by atoms with Gasteiger partial charge in [0.25, 0.3) is 0 Å². The molecule has 148 valence electrons. The van der Waals surface area contributed by atoms with Gasteiger partial charge in [0.1, 0.15) is 0 Å². The number of nitrogens with zero attached hydrogens (tertiary/aromatic N) is 3. The summed E-state index contributed by atoms with van der Waals surface area (Å²) in [5.41, 5.74) is 3.82. The fraction of sp³-hybridized carbons (Fsp3) is 0.292. The number of likely N-dealkylation sites (tertiary alicyclic amines) is 1. The van der Waals surface area contributed by atoms with Crippen molar-refractivity contribution < 1.29 is 0 Å². The molecule has 0 atom stereocenters. The molecule has 0 aliphatic carbocycles. The Morgan fingerprint density at radius 1 is 1.07 bits per heavy atom. The monoisotopic (exact) mass is 402 g/mol. The van der Waals surface area contributed by atoms with Crippen LogP contribution in [-0.4, -0.2) is 46.2 Å². The van der Waals surface area contributed by atoms with Crippen molar-refractivity contribution in [3.63, 3.8) is 0 Å². The molecule has 0 saturated carbocycles. The maximum absolute atomic E-state index is 4.81. The molecule has 1 aliphatic rings. The number of hydrogen-bond acceptors (Lipinski definition) is 2. The van der Waals surface area contributed by atoms with Gasteiger partial charge in [0.2, 0.25) is 0 Å². The van der Waals surface area contributed by atoms with Crippen LogP contribution in [0.5, 0.6) is 0 Å². The van der Waals surface area contributed by atoms with Gasteiger partial charge in [0.15, 0.2) is 0 Å². The van der Waals surface area contributed by atoms with E-state index in [1.165, 1.54) is 44.5 Å². The Balaban J connectivity index is 1.36. The minimum Gasteiger partial charge on any atom is -0.363 e. The summed E-state index contributed by atoms with van der Waals surface area (Å²) in [6.07, 6.45) is 6.82. The van der Waals surface area contributed by atoms with Crippen LogP contribution in [0.15, 0.2) is 70.8 Å². The van der Waals surface area contributed by atoms with E-state index in [-0.39, 0.29) is 0 Å². The molecule has 1 fully saturated rings. The number of para-hydroxylation sites is 2. The van der Waals surface area contributed by atoms with Crippen LogP contribution in [0.2, 0.25) is 0 Å². The van der Waals surface area contributed by atoms with Gasteiger partial charge in [-0.1, -0.05) is 36.4 Å². The second kappa shape index (κ2) is 7.99. The van der Waals surface area contributed by atoms with Crippen molar-refractivity contribution >= 4 is 39.4 Å². The number of amidine groups is 1. The summed E-state index contributed by atoms with van der Waals surface area (Å²) in [6, 6.07) is 17.2. The molecular formula is C24H26N4S. The highest BCUT2D eigenvalue weighted by molar-refractivity contribution is 7.99. The molecule has 29 heavy (non-hydrogen) atoms. The van der Waals surface area contributed by atoms with Crippen LogP contribution in [0.25, 0.3) is 21.8 Å². The summed E-state index contributed by atoms with van der Waals surface area (Å²) in [5.74, 6) is 2.28. The molecule has 0 bridgehead atoms. The van der Waals surface area contributed by atoms with E-state index in [2.05, 4.69) is 82.4 Å². The van der Waals surface area contributed by atoms with Crippen molar-refractivity contribution in [2.24, 2.45) is 4.99 Å². The second-order valence-electron chi connectivity index (χ2n) is 7.67. The van der Waals surface area contributed by atoms with Crippen LogP contribution in [-0.2, 0) is 6.54 Å². The van der Waals surface area contributed by atoms with Crippen LogP contribution in [0.4, 0.5) is 0 Å². The molecule has 2 aromatic heterocycles. The number of aromatic nitrogens is 2. The van der Waals surface area contributed by atoms with Gasteiger partial charge in [0.05, 0.1) is 12.4 Å². The molecular weight excluding hydrogens is 376 g/mol. The minimum atomic E-state index is 0.873. The second-order valence-corrected chi connectivity index (χ2v) is 8.81. The zero-order valence-corrected chi connectivity index (χ0v) is 17.6. The summed E-state index contributed by atoms with van der Waals surface area (Å²) < 4.78 is 2.38. The van der Waals surface area contributed by atoms with Crippen molar-refractivity contribution in [1.29, 1.82) is 0 Å². The van der Waals surface area contributed by atoms with E-state index in [0.29, 0.717) is 0 Å². The molecule has 4 aromatic rings. The van der Waals surface area contributed by atoms with Crippen molar-refractivity contribution in [2.75, 3.05) is 25.9 Å². The Bertz CT molecular complexity index is 1170. The maximum atomic E-state index is 4.81. The highest BCUT2D eigenvalue weighted by atomic mass is 32.2. The maximum Gasteiger partial charge on any atom is 0.0987 e. The van der Waals surface area contributed by atoms with E-state index in [9.17, 15) is 0 Å². The summed E-state index contributed by atoms with van der Waals surface area (Å²) in [6.45, 7) is 2.90. The molecule has 0 radical (unpaired) electrons. The highest BCUT2D eigenvalue weighted by Gasteiger charge is 2.14. The first-order chi connectivity index (χ1) is 14.3. The lowest BCUT2D eigenvalue weighted by Gasteiger charge is -2.10. The fourth-order valence-corrected chi connectivity index (χ4v) is 5.16. The smallest absolute Gasteiger partial charge is 0.0987 e. The van der Waals surface area contributed by atoms with Gasteiger partial charge in [-0.3, -0.25) is 4.99 Å². The number of hydrogen-bond donors (Lipinski definition) is 1. The summed E-state index contributed by atoms with van der Waals surface area (Å²) in [7, 11) is 2.15. The quantitative estimate of drug-likeness (QED) is 0.347. The Labute approximate surface area is 175 Å². The largest absolute Gasteiger partial charge is 0.363 e. The number of aliphatic imine (C=N–C) groups is 1. The van der Waals surface area contributed by atoms with Gasteiger partial charge in [-0.15, -0.1) is 11.8 Å². The number of nitrogens with one attached hydrogen (secondary N) is 1. The fourth-order valence-electron chi connectivity index (χ4n) is 4.23. The average molecular weight is 403 g/mol. The molecule has 2 aromatic carbocycles. The van der Waals surface area contributed by atoms with Gasteiger partial charge in [-0.2, -0.15) is 0 Å². The van der Waals surface area contributed by atoms with Crippen molar-refractivity contribution in [1.82, 2.24) is 14.5 Å². The molecule has 3 heterocycles. The number of fused-ring (bicyclic) bond motifs is 2. The number of rotatable bonds is 6. The summed E-state index contributed by atoms with van der Waals surface area (Å²) >= 11 is 1.92. The van der Waals surface area contributed by atoms with E-state index >= 15 is 0 Å². The van der Waals surface area contributed by atoms with Gasteiger partial charge in [-0.25, -0.2) is 0 Å². The third-order valence-corrected chi connectivity index (χ3v) is 6.77. The Hall–Kier alpha value is -2.66. The normalized spacial score (nSPS) is 15.9. The topological polar surface area (TPSA) is 36.3 Å². The van der Waals surface area contributed by atoms with Gasteiger partial charge >= 0.3 is 0 Å². The number of thioether (sulfide) groups is 1. The first kappa shape index (κ1) is 18.4. The minimum absolute atomic E-state index is 0.873. The Kier molecular flexibility index (Phi) is 5.06. The number of H-pyrrole nitrogens is 1. The van der Waals surface area contributed by atoms with Crippen LogP contribution >= 0.6 is 11.8 Å². The van der Waals surface area contributed by atoms with Gasteiger partial charge < -0.3 is 14.5 Å². The van der Waals surface area contributed by atoms with E-state index in [4.69, 9.17) is 4.99 Å². The molecule has 0 spiro atoms. The zero-order chi connectivity index (χ0) is 19.6. The van der Waals surface area contributed by atoms with Crippen LogP contribution in [0.1, 0.15) is 18.4 Å². The zero-order valence-electron chi connectivity index (χ0n) is 16.8. The summed E-state index contributed by atoms with van der Waals surface area (Å²) in [4.78, 5) is 11.8. The van der Waals surface area contributed by atoms with Crippen molar-refractivity contribution in [3.05, 3.63) is 66.5 Å². The van der Waals surface area contributed by atoms with Crippen molar-refractivity contribution in [3.8, 4) is 0 Å². The van der Waals surface area contributed by atoms with Crippen molar-refractivity contribution in [2.45, 2.75) is 24.3 Å². The predicted octanol–water partition coefficient (Wildman–Crippen LogP) is 5.39. The summed E-state index contributed by atoms with van der Waals surface area (Å²) in [5, 5.41) is 2.64. The SMILES string of the molecule is CN1CCC/C1=N\CCSc1cn(Cc2c[nH]c3ccccc23)c2ccccc12. The molecule has 0 amide bonds. The third-order valence-electron chi connectivity index (χ3n) is 5.75.